The second kappa shape index (κ2) is 7.19. The maximum absolute atomic E-state index is 14.2. The number of hydrogen-bond acceptors (Lipinski definition) is 5. The molecule has 5 rings (SSSR count). The van der Waals surface area contributed by atoms with E-state index >= 15 is 0 Å². The highest BCUT2D eigenvalue weighted by molar-refractivity contribution is 5.93. The zero-order valence-corrected chi connectivity index (χ0v) is 15.8. The van der Waals surface area contributed by atoms with Crippen LogP contribution >= 0.6 is 0 Å². The highest BCUT2D eigenvalue weighted by Crippen LogP contribution is 2.29. The molecule has 4 heterocycles. The van der Waals surface area contributed by atoms with Crippen LogP contribution in [0.1, 0.15) is 17.8 Å². The predicted molar refractivity (Wildman–Crippen MR) is 108 cm³/mol. The van der Waals surface area contributed by atoms with Crippen molar-refractivity contribution in [2.75, 3.05) is 5.32 Å². The Morgan fingerprint density at radius 3 is 2.93 bits per heavy atom. The molecule has 0 fully saturated rings. The number of benzene rings is 1. The van der Waals surface area contributed by atoms with Crippen molar-refractivity contribution in [3.63, 3.8) is 0 Å². The van der Waals surface area contributed by atoms with Gasteiger partial charge in [-0.05, 0) is 24.6 Å². The van der Waals surface area contributed by atoms with E-state index in [9.17, 15) is 14.0 Å². The largest absolute Gasteiger partial charge is 0.379 e. The quantitative estimate of drug-likeness (QED) is 0.559. The molecule has 1 aromatic carbocycles. The van der Waals surface area contributed by atoms with Gasteiger partial charge in [0.1, 0.15) is 23.5 Å². The molecule has 3 aromatic heterocycles. The van der Waals surface area contributed by atoms with Crippen molar-refractivity contribution in [2.24, 2.45) is 0 Å². The van der Waals surface area contributed by atoms with E-state index in [1.165, 1.54) is 12.1 Å². The van der Waals surface area contributed by atoms with Gasteiger partial charge in [0.15, 0.2) is 0 Å². The molecule has 0 radical (unpaired) electrons. The van der Waals surface area contributed by atoms with Gasteiger partial charge in [-0.25, -0.2) is 13.8 Å². The first-order valence-electron chi connectivity index (χ1n) is 9.53. The van der Waals surface area contributed by atoms with E-state index < -0.39 is 11.6 Å². The van der Waals surface area contributed by atoms with E-state index in [-0.39, 0.29) is 11.6 Å². The van der Waals surface area contributed by atoms with Crippen LogP contribution in [-0.4, -0.2) is 25.6 Å². The molecule has 30 heavy (non-hydrogen) atoms. The molecule has 0 amide bonds. The van der Waals surface area contributed by atoms with Gasteiger partial charge in [-0.1, -0.05) is 0 Å². The second-order valence-electron chi connectivity index (χ2n) is 7.25. The Morgan fingerprint density at radius 1 is 1.20 bits per heavy atom. The number of nitrogens with one attached hydrogen (secondary N) is 1. The average Bonchev–Trinajstić information content (AvgIpc) is 3.17. The Morgan fingerprint density at radius 2 is 2.10 bits per heavy atom. The monoisotopic (exact) mass is 402 g/mol. The number of pyridine rings is 2. The summed E-state index contributed by atoms with van der Waals surface area (Å²) in [6.07, 6.45) is 8.19. The standard InChI is InChI=1S/C22H16F2N6/c23-14-1-3-16(18(24)7-14)20-12-30-11-15(2-4-21(30)29-20)28-22-13(8-25)9-27-19-10-26-6-5-17(19)22/h1,3,5-7,9-10,12,15H,2,4,11H2,(H,27,28). The lowest BCUT2D eigenvalue weighted by molar-refractivity contribution is 0.477. The third kappa shape index (κ3) is 3.14. The lowest BCUT2D eigenvalue weighted by atomic mass is 10.0. The zero-order chi connectivity index (χ0) is 20.7. The van der Waals surface area contributed by atoms with E-state index in [4.69, 9.17) is 0 Å². The molecule has 8 heteroatoms. The second-order valence-corrected chi connectivity index (χ2v) is 7.25. The van der Waals surface area contributed by atoms with Crippen LogP contribution in [0.25, 0.3) is 22.2 Å². The van der Waals surface area contributed by atoms with Crippen molar-refractivity contribution < 1.29 is 8.78 Å². The number of aromatic nitrogens is 4. The normalized spacial score (nSPS) is 15.6. The highest BCUT2D eigenvalue weighted by Gasteiger charge is 2.23. The molecule has 6 nitrogen and oxygen atoms in total. The minimum absolute atomic E-state index is 0.0588. The average molecular weight is 402 g/mol. The van der Waals surface area contributed by atoms with E-state index in [1.807, 2.05) is 10.6 Å². The van der Waals surface area contributed by atoms with E-state index in [0.717, 1.165) is 29.4 Å². The third-order valence-corrected chi connectivity index (χ3v) is 5.34. The zero-order valence-electron chi connectivity index (χ0n) is 15.8. The molecular formula is C22H16F2N6. The molecule has 0 spiro atoms. The molecule has 1 aliphatic rings. The summed E-state index contributed by atoms with van der Waals surface area (Å²) in [5, 5.41) is 13.8. The Labute approximate surface area is 170 Å². The van der Waals surface area contributed by atoms with E-state index in [1.54, 1.807) is 24.8 Å². The topological polar surface area (TPSA) is 79.4 Å². The molecule has 1 atom stereocenters. The first-order valence-corrected chi connectivity index (χ1v) is 9.53. The molecule has 148 valence electrons. The predicted octanol–water partition coefficient (Wildman–Crippen LogP) is 4.07. The number of halogens is 2. The Hall–Kier alpha value is -3.86. The number of fused-ring (bicyclic) bond motifs is 2. The minimum atomic E-state index is -0.629. The Kier molecular flexibility index (Phi) is 4.36. The highest BCUT2D eigenvalue weighted by atomic mass is 19.1. The van der Waals surface area contributed by atoms with Gasteiger partial charge in [-0.15, -0.1) is 0 Å². The van der Waals surface area contributed by atoms with Gasteiger partial charge in [0, 0.05) is 54.6 Å². The van der Waals surface area contributed by atoms with Crippen LogP contribution in [0.3, 0.4) is 0 Å². The number of imidazole rings is 1. The van der Waals surface area contributed by atoms with Crippen LogP contribution in [0.15, 0.2) is 49.1 Å². The molecule has 0 saturated heterocycles. The number of nitrogens with zero attached hydrogens (tertiary/aromatic N) is 5. The molecular weight excluding hydrogens is 386 g/mol. The van der Waals surface area contributed by atoms with Gasteiger partial charge in [0.05, 0.1) is 28.7 Å². The summed E-state index contributed by atoms with van der Waals surface area (Å²) in [5.41, 5.74) is 2.69. The number of anilines is 1. The maximum Gasteiger partial charge on any atom is 0.135 e. The lowest BCUT2D eigenvalue weighted by Crippen LogP contribution is -2.31. The van der Waals surface area contributed by atoms with Crippen LogP contribution < -0.4 is 5.32 Å². The van der Waals surface area contributed by atoms with E-state index in [2.05, 4.69) is 26.3 Å². The molecule has 1 N–H and O–H groups in total. The van der Waals surface area contributed by atoms with Crippen LogP contribution in [0, 0.1) is 23.0 Å². The SMILES string of the molecule is N#Cc1cnc2cnccc2c1NC1CCc2nc(-c3ccc(F)cc3F)cn2C1. The van der Waals surface area contributed by atoms with Crippen molar-refractivity contribution in [1.82, 2.24) is 19.5 Å². The maximum atomic E-state index is 14.2. The summed E-state index contributed by atoms with van der Waals surface area (Å²) in [6.45, 7) is 0.616. The van der Waals surface area contributed by atoms with Gasteiger partial charge in [0.25, 0.3) is 0 Å². The fraction of sp³-hybridized carbons (Fsp3) is 0.182. The number of hydrogen-bond donors (Lipinski definition) is 1. The van der Waals surface area contributed by atoms with Gasteiger partial charge in [-0.3, -0.25) is 9.97 Å². The molecule has 1 unspecified atom stereocenters. The number of aryl methyl sites for hydroxylation is 1. The van der Waals surface area contributed by atoms with Crippen molar-refractivity contribution in [1.29, 1.82) is 5.26 Å². The van der Waals surface area contributed by atoms with Crippen molar-refractivity contribution in [3.8, 4) is 17.3 Å². The summed E-state index contributed by atoms with van der Waals surface area (Å²) in [4.78, 5) is 12.9. The van der Waals surface area contributed by atoms with Crippen molar-refractivity contribution in [3.05, 3.63) is 72.1 Å². The minimum Gasteiger partial charge on any atom is -0.379 e. The summed E-state index contributed by atoms with van der Waals surface area (Å²) in [6, 6.07) is 7.60. The summed E-state index contributed by atoms with van der Waals surface area (Å²) in [7, 11) is 0. The third-order valence-electron chi connectivity index (χ3n) is 5.34. The Balaban J connectivity index is 1.44. The lowest BCUT2D eigenvalue weighted by Gasteiger charge is -2.26. The van der Waals surface area contributed by atoms with Crippen LogP contribution in [0.4, 0.5) is 14.5 Å². The summed E-state index contributed by atoms with van der Waals surface area (Å²) >= 11 is 0. The smallest absolute Gasteiger partial charge is 0.135 e. The van der Waals surface area contributed by atoms with Crippen LogP contribution in [0.2, 0.25) is 0 Å². The molecule has 0 saturated carbocycles. The summed E-state index contributed by atoms with van der Waals surface area (Å²) < 4.78 is 29.4. The van der Waals surface area contributed by atoms with Gasteiger partial charge in [-0.2, -0.15) is 5.26 Å². The van der Waals surface area contributed by atoms with E-state index in [0.29, 0.717) is 29.7 Å². The summed E-state index contributed by atoms with van der Waals surface area (Å²) in [5.74, 6) is -0.385. The van der Waals surface area contributed by atoms with Crippen LogP contribution in [-0.2, 0) is 13.0 Å². The molecule has 1 aliphatic heterocycles. The molecule has 0 bridgehead atoms. The Bertz CT molecular complexity index is 1310. The van der Waals surface area contributed by atoms with Gasteiger partial charge < -0.3 is 9.88 Å². The van der Waals surface area contributed by atoms with Crippen molar-refractivity contribution >= 4 is 16.6 Å². The molecule has 0 aliphatic carbocycles. The van der Waals surface area contributed by atoms with Gasteiger partial charge >= 0.3 is 0 Å². The van der Waals surface area contributed by atoms with Gasteiger partial charge in [0.2, 0.25) is 0 Å². The first-order chi connectivity index (χ1) is 14.6. The first kappa shape index (κ1) is 18.2. The van der Waals surface area contributed by atoms with Crippen molar-refractivity contribution in [2.45, 2.75) is 25.4 Å². The fourth-order valence-electron chi connectivity index (χ4n) is 3.88. The number of nitriles is 1. The number of rotatable bonds is 3. The molecule has 4 aromatic rings. The fourth-order valence-corrected chi connectivity index (χ4v) is 3.88. The van der Waals surface area contributed by atoms with Crippen LogP contribution in [0.5, 0.6) is 0 Å².